The SMILES string of the molecule is COc1cccc(NC(N)=NCC2CCN(CC(C)C)C2)c1.I. The van der Waals surface area contributed by atoms with Crippen molar-refractivity contribution in [2.75, 3.05) is 38.6 Å². The maximum absolute atomic E-state index is 5.98. The third-order valence-corrected chi connectivity index (χ3v) is 3.86. The van der Waals surface area contributed by atoms with Crippen LogP contribution in [0, 0.1) is 11.8 Å². The van der Waals surface area contributed by atoms with E-state index in [0.29, 0.717) is 11.9 Å². The van der Waals surface area contributed by atoms with E-state index in [1.165, 1.54) is 19.5 Å². The fraction of sp³-hybridized carbons (Fsp3) is 0.588. The zero-order valence-electron chi connectivity index (χ0n) is 14.3. The minimum atomic E-state index is 0. The lowest BCUT2D eigenvalue weighted by Crippen LogP contribution is -2.26. The fourth-order valence-electron chi connectivity index (χ4n) is 2.86. The number of halogens is 1. The van der Waals surface area contributed by atoms with Crippen molar-refractivity contribution in [2.45, 2.75) is 20.3 Å². The number of hydrogen-bond acceptors (Lipinski definition) is 3. The van der Waals surface area contributed by atoms with E-state index >= 15 is 0 Å². The van der Waals surface area contributed by atoms with Crippen LogP contribution in [0.25, 0.3) is 0 Å². The first-order valence-corrected chi connectivity index (χ1v) is 8.00. The van der Waals surface area contributed by atoms with Crippen LogP contribution in [0.1, 0.15) is 20.3 Å². The highest BCUT2D eigenvalue weighted by atomic mass is 127. The van der Waals surface area contributed by atoms with Gasteiger partial charge in [0, 0.05) is 31.4 Å². The summed E-state index contributed by atoms with van der Waals surface area (Å²) in [6.07, 6.45) is 1.21. The highest BCUT2D eigenvalue weighted by Crippen LogP contribution is 2.18. The first-order valence-electron chi connectivity index (χ1n) is 8.00. The number of likely N-dealkylation sites (tertiary alicyclic amines) is 1. The van der Waals surface area contributed by atoms with E-state index in [-0.39, 0.29) is 24.0 Å². The van der Waals surface area contributed by atoms with Gasteiger partial charge >= 0.3 is 0 Å². The molecule has 0 amide bonds. The first-order chi connectivity index (χ1) is 10.6. The number of hydrogen-bond donors (Lipinski definition) is 2. The number of anilines is 1. The summed E-state index contributed by atoms with van der Waals surface area (Å²) < 4.78 is 5.19. The Bertz CT molecular complexity index is 507. The predicted molar refractivity (Wildman–Crippen MR) is 108 cm³/mol. The molecule has 1 heterocycles. The van der Waals surface area contributed by atoms with E-state index in [4.69, 9.17) is 10.5 Å². The average molecular weight is 432 g/mol. The Hall–Kier alpha value is -1.02. The molecule has 3 N–H and O–H groups in total. The van der Waals surface area contributed by atoms with Crippen molar-refractivity contribution >= 4 is 35.6 Å². The second-order valence-corrected chi connectivity index (χ2v) is 6.39. The van der Waals surface area contributed by atoms with Crippen molar-refractivity contribution in [3.05, 3.63) is 24.3 Å². The van der Waals surface area contributed by atoms with Crippen LogP contribution in [0.2, 0.25) is 0 Å². The summed E-state index contributed by atoms with van der Waals surface area (Å²) in [6.45, 7) is 8.81. The average Bonchev–Trinajstić information content (AvgIpc) is 2.92. The number of nitrogens with two attached hydrogens (primary N) is 1. The lowest BCUT2D eigenvalue weighted by Gasteiger charge is -2.17. The van der Waals surface area contributed by atoms with Gasteiger partial charge in [-0.1, -0.05) is 19.9 Å². The van der Waals surface area contributed by atoms with E-state index in [0.717, 1.165) is 30.4 Å². The van der Waals surface area contributed by atoms with E-state index in [1.54, 1.807) is 7.11 Å². The molecular formula is C17H29IN4O. The molecule has 1 aliphatic heterocycles. The standard InChI is InChI=1S/C17H28N4O.HI/c1-13(2)11-21-8-7-14(12-21)10-19-17(18)20-15-5-4-6-16(9-15)22-3;/h4-6,9,13-14H,7-8,10-12H2,1-3H3,(H3,18,19,20);1H. The van der Waals surface area contributed by atoms with E-state index in [1.807, 2.05) is 24.3 Å². The van der Waals surface area contributed by atoms with Crippen LogP contribution >= 0.6 is 24.0 Å². The van der Waals surface area contributed by atoms with E-state index in [2.05, 4.69) is 29.1 Å². The Morgan fingerprint density at radius 3 is 2.96 bits per heavy atom. The zero-order chi connectivity index (χ0) is 15.9. The van der Waals surface area contributed by atoms with Gasteiger partial charge in [0.15, 0.2) is 5.96 Å². The molecule has 2 rings (SSSR count). The molecule has 0 radical (unpaired) electrons. The molecule has 0 saturated carbocycles. The summed E-state index contributed by atoms with van der Waals surface area (Å²) in [5.41, 5.74) is 6.87. The summed E-state index contributed by atoms with van der Waals surface area (Å²) in [6, 6.07) is 7.68. The molecule has 0 spiro atoms. The molecule has 1 aromatic carbocycles. The largest absolute Gasteiger partial charge is 0.497 e. The molecule has 0 aromatic heterocycles. The molecule has 5 nitrogen and oxygen atoms in total. The van der Waals surface area contributed by atoms with Gasteiger partial charge in [-0.25, -0.2) is 0 Å². The van der Waals surface area contributed by atoms with Gasteiger partial charge in [0.25, 0.3) is 0 Å². The molecule has 0 bridgehead atoms. The molecule has 0 aliphatic carbocycles. The second kappa shape index (κ2) is 9.97. The van der Waals surface area contributed by atoms with Gasteiger partial charge in [-0.05, 0) is 36.9 Å². The topological polar surface area (TPSA) is 62.9 Å². The number of ether oxygens (including phenoxy) is 1. The lowest BCUT2D eigenvalue weighted by molar-refractivity contribution is 0.288. The van der Waals surface area contributed by atoms with Crippen molar-refractivity contribution in [1.29, 1.82) is 0 Å². The molecule has 23 heavy (non-hydrogen) atoms. The highest BCUT2D eigenvalue weighted by Gasteiger charge is 2.22. The quantitative estimate of drug-likeness (QED) is 0.412. The molecule has 130 valence electrons. The fourth-order valence-corrected chi connectivity index (χ4v) is 2.86. The summed E-state index contributed by atoms with van der Waals surface area (Å²) in [7, 11) is 1.65. The minimum absolute atomic E-state index is 0. The number of aliphatic imine (C=N–C) groups is 1. The van der Waals surface area contributed by atoms with Gasteiger partial charge in [0.05, 0.1) is 7.11 Å². The van der Waals surface area contributed by atoms with Crippen molar-refractivity contribution in [3.63, 3.8) is 0 Å². The Balaban J connectivity index is 0.00000264. The normalized spacial score (nSPS) is 18.8. The van der Waals surface area contributed by atoms with Crippen LogP contribution in [0.4, 0.5) is 5.69 Å². The highest BCUT2D eigenvalue weighted by molar-refractivity contribution is 14.0. The van der Waals surface area contributed by atoms with Crippen molar-refractivity contribution in [2.24, 2.45) is 22.6 Å². The van der Waals surface area contributed by atoms with Gasteiger partial charge in [-0.2, -0.15) is 0 Å². The smallest absolute Gasteiger partial charge is 0.193 e. The number of nitrogens with zero attached hydrogens (tertiary/aromatic N) is 2. The van der Waals surface area contributed by atoms with Gasteiger partial charge in [0.2, 0.25) is 0 Å². The van der Waals surface area contributed by atoms with Crippen LogP contribution < -0.4 is 15.8 Å². The Morgan fingerprint density at radius 1 is 1.48 bits per heavy atom. The number of nitrogens with one attached hydrogen (secondary N) is 1. The molecule has 1 aliphatic rings. The first kappa shape index (κ1) is 20.0. The van der Waals surface area contributed by atoms with E-state index < -0.39 is 0 Å². The second-order valence-electron chi connectivity index (χ2n) is 6.39. The van der Waals surface area contributed by atoms with Crippen molar-refractivity contribution in [3.8, 4) is 5.75 Å². The number of benzene rings is 1. The van der Waals surface area contributed by atoms with Crippen LogP contribution in [0.3, 0.4) is 0 Å². The molecule has 1 aromatic rings. The maximum Gasteiger partial charge on any atom is 0.193 e. The minimum Gasteiger partial charge on any atom is -0.497 e. The third-order valence-electron chi connectivity index (χ3n) is 3.86. The monoisotopic (exact) mass is 432 g/mol. The molecule has 1 saturated heterocycles. The summed E-state index contributed by atoms with van der Waals surface area (Å²) in [4.78, 5) is 7.01. The summed E-state index contributed by atoms with van der Waals surface area (Å²) in [5, 5.41) is 3.12. The van der Waals surface area contributed by atoms with Crippen LogP contribution in [-0.2, 0) is 0 Å². The van der Waals surface area contributed by atoms with Gasteiger partial charge in [-0.3, -0.25) is 4.99 Å². The zero-order valence-corrected chi connectivity index (χ0v) is 16.6. The summed E-state index contributed by atoms with van der Waals surface area (Å²) >= 11 is 0. The van der Waals surface area contributed by atoms with Crippen LogP contribution in [0.5, 0.6) is 5.75 Å². The lowest BCUT2D eigenvalue weighted by atomic mass is 10.1. The number of methoxy groups -OCH3 is 1. The predicted octanol–water partition coefficient (Wildman–Crippen LogP) is 3.02. The number of guanidine groups is 1. The van der Waals surface area contributed by atoms with Crippen LogP contribution in [0.15, 0.2) is 29.3 Å². The van der Waals surface area contributed by atoms with E-state index in [9.17, 15) is 0 Å². The molecule has 1 unspecified atom stereocenters. The van der Waals surface area contributed by atoms with Crippen molar-refractivity contribution in [1.82, 2.24) is 4.90 Å². The third kappa shape index (κ3) is 6.95. The van der Waals surface area contributed by atoms with Gasteiger partial charge in [0.1, 0.15) is 5.75 Å². The van der Waals surface area contributed by atoms with Crippen molar-refractivity contribution < 1.29 is 4.74 Å². The summed E-state index contributed by atoms with van der Waals surface area (Å²) in [5.74, 6) is 2.61. The Morgan fingerprint density at radius 2 is 2.26 bits per heavy atom. The molecule has 6 heteroatoms. The van der Waals surface area contributed by atoms with Crippen LogP contribution in [-0.4, -0.2) is 44.1 Å². The maximum atomic E-state index is 5.98. The Labute approximate surface area is 156 Å². The molecule has 1 atom stereocenters. The van der Waals surface area contributed by atoms with Gasteiger partial charge in [-0.15, -0.1) is 24.0 Å². The van der Waals surface area contributed by atoms with Gasteiger partial charge < -0.3 is 20.7 Å². The molecule has 1 fully saturated rings. The molecular weight excluding hydrogens is 403 g/mol. The number of rotatable bonds is 6. The Kier molecular flexibility index (Phi) is 8.68.